The van der Waals surface area contributed by atoms with Crippen LogP contribution in [-0.4, -0.2) is 36.6 Å². The first-order valence-electron chi connectivity index (χ1n) is 6.88. The van der Waals surface area contributed by atoms with Gasteiger partial charge in [-0.25, -0.2) is 4.98 Å². The minimum atomic E-state index is -4.32. The Labute approximate surface area is 121 Å². The van der Waals surface area contributed by atoms with E-state index >= 15 is 0 Å². The molecule has 3 nitrogen and oxygen atoms in total. The Bertz CT molecular complexity index is 411. The van der Waals surface area contributed by atoms with Crippen LogP contribution in [0, 0.1) is 5.92 Å². The van der Waals surface area contributed by atoms with Gasteiger partial charge in [-0.1, -0.05) is 0 Å². The number of hydrogen-bond acceptors (Lipinski definition) is 4. The number of nitrogens with zero attached hydrogens (tertiary/aromatic N) is 2. The predicted molar refractivity (Wildman–Crippen MR) is 73.7 cm³/mol. The van der Waals surface area contributed by atoms with E-state index in [0.717, 1.165) is 49.7 Å². The van der Waals surface area contributed by atoms with Gasteiger partial charge >= 0.3 is 6.18 Å². The lowest BCUT2D eigenvalue weighted by atomic mass is 9.93. The van der Waals surface area contributed by atoms with Crippen molar-refractivity contribution in [1.29, 1.82) is 0 Å². The molecule has 0 aliphatic carbocycles. The summed E-state index contributed by atoms with van der Waals surface area (Å²) in [6.07, 6.45) is 0.492. The molecule has 0 saturated carbocycles. The molecule has 7 heteroatoms. The summed E-state index contributed by atoms with van der Waals surface area (Å²) >= 11 is 0.760. The summed E-state index contributed by atoms with van der Waals surface area (Å²) in [5, 5.41) is 2.42. The first-order chi connectivity index (χ1) is 9.49. The Morgan fingerprint density at radius 2 is 2.10 bits per heavy atom. The van der Waals surface area contributed by atoms with E-state index in [1.165, 1.54) is 12.6 Å². The van der Waals surface area contributed by atoms with Crippen molar-refractivity contribution in [3.05, 3.63) is 16.1 Å². The molecule has 1 fully saturated rings. The van der Waals surface area contributed by atoms with Gasteiger partial charge in [-0.05, 0) is 51.9 Å². The molecule has 1 aliphatic rings. The van der Waals surface area contributed by atoms with Crippen LogP contribution in [0.4, 0.5) is 13.2 Å². The van der Waals surface area contributed by atoms with Crippen molar-refractivity contribution >= 4 is 11.3 Å². The average molecular weight is 307 g/mol. The number of hydrogen-bond donors (Lipinski definition) is 1. The highest BCUT2D eigenvalue weighted by Crippen LogP contribution is 2.33. The van der Waals surface area contributed by atoms with Gasteiger partial charge < -0.3 is 5.32 Å². The number of likely N-dealkylation sites (tertiary alicyclic amines) is 1. The van der Waals surface area contributed by atoms with Crippen LogP contribution >= 0.6 is 11.3 Å². The number of aromatic nitrogens is 1. The third-order valence-corrected chi connectivity index (χ3v) is 4.71. The van der Waals surface area contributed by atoms with Crippen LogP contribution in [-0.2, 0) is 12.7 Å². The van der Waals surface area contributed by atoms with Gasteiger partial charge in [0.2, 0.25) is 0 Å². The highest BCUT2D eigenvalue weighted by atomic mass is 32.1. The zero-order valence-electron chi connectivity index (χ0n) is 11.5. The van der Waals surface area contributed by atoms with Gasteiger partial charge in [0, 0.05) is 17.6 Å². The Morgan fingerprint density at radius 1 is 1.40 bits per heavy atom. The van der Waals surface area contributed by atoms with Gasteiger partial charge in [-0.3, -0.25) is 4.90 Å². The molecule has 0 amide bonds. The van der Waals surface area contributed by atoms with E-state index < -0.39 is 11.2 Å². The summed E-state index contributed by atoms with van der Waals surface area (Å²) in [4.78, 5) is 6.39. The van der Waals surface area contributed by atoms with E-state index in [0.29, 0.717) is 11.4 Å². The summed E-state index contributed by atoms with van der Waals surface area (Å²) in [5.74, 6) is 0.742. The molecule has 1 N–H and O–H groups in total. The van der Waals surface area contributed by atoms with Crippen molar-refractivity contribution in [1.82, 2.24) is 15.2 Å². The van der Waals surface area contributed by atoms with Gasteiger partial charge in [0.1, 0.15) is 0 Å². The van der Waals surface area contributed by atoms with Crippen molar-refractivity contribution in [2.24, 2.45) is 5.92 Å². The molecular weight excluding hydrogens is 287 g/mol. The Hall–Kier alpha value is -0.660. The second-order valence-electron chi connectivity index (χ2n) is 5.24. The van der Waals surface area contributed by atoms with E-state index in [9.17, 15) is 13.2 Å². The van der Waals surface area contributed by atoms with Crippen LogP contribution in [0.2, 0.25) is 0 Å². The molecule has 0 atom stereocenters. The zero-order valence-corrected chi connectivity index (χ0v) is 12.4. The van der Waals surface area contributed by atoms with Gasteiger partial charge in [0.25, 0.3) is 0 Å². The minimum Gasteiger partial charge on any atom is -0.320 e. The molecule has 0 unspecified atom stereocenters. The van der Waals surface area contributed by atoms with Gasteiger partial charge in [-0.15, -0.1) is 11.3 Å². The van der Waals surface area contributed by atoms with E-state index in [1.54, 1.807) is 0 Å². The van der Waals surface area contributed by atoms with Gasteiger partial charge in [0.05, 0.1) is 0 Å². The third-order valence-electron chi connectivity index (χ3n) is 3.69. The SMILES string of the molecule is CNCCC1CCN(Cc2cnc(C(F)(F)F)s2)CC1. The van der Waals surface area contributed by atoms with Crippen molar-refractivity contribution in [2.45, 2.75) is 32.0 Å². The van der Waals surface area contributed by atoms with E-state index in [1.807, 2.05) is 7.05 Å². The maximum Gasteiger partial charge on any atom is 0.443 e. The number of alkyl halides is 3. The largest absolute Gasteiger partial charge is 0.443 e. The molecule has 2 heterocycles. The van der Waals surface area contributed by atoms with Crippen LogP contribution in [0.1, 0.15) is 29.1 Å². The lowest BCUT2D eigenvalue weighted by Crippen LogP contribution is -2.33. The number of halogens is 3. The molecule has 2 rings (SSSR count). The Morgan fingerprint density at radius 3 is 2.65 bits per heavy atom. The lowest BCUT2D eigenvalue weighted by molar-refractivity contribution is -0.137. The fourth-order valence-electron chi connectivity index (χ4n) is 2.51. The summed E-state index contributed by atoms with van der Waals surface area (Å²) in [5.41, 5.74) is 0. The standard InChI is InChI=1S/C13H20F3N3S/c1-17-5-2-10-3-6-19(7-4-10)9-11-8-18-12(20-11)13(14,15)16/h8,10,17H,2-7,9H2,1H3. The highest BCUT2D eigenvalue weighted by Gasteiger charge is 2.34. The monoisotopic (exact) mass is 307 g/mol. The topological polar surface area (TPSA) is 28.2 Å². The fourth-order valence-corrected chi connectivity index (χ4v) is 3.34. The minimum absolute atomic E-state index is 0.590. The Kier molecular flexibility index (Phi) is 5.40. The fraction of sp³-hybridized carbons (Fsp3) is 0.769. The quantitative estimate of drug-likeness (QED) is 0.906. The van der Waals surface area contributed by atoms with E-state index in [2.05, 4.69) is 15.2 Å². The molecule has 1 aromatic heterocycles. The molecule has 0 spiro atoms. The van der Waals surface area contributed by atoms with E-state index in [4.69, 9.17) is 0 Å². The van der Waals surface area contributed by atoms with Crippen molar-refractivity contribution in [3.8, 4) is 0 Å². The normalized spacial score (nSPS) is 18.6. The molecule has 0 radical (unpaired) electrons. The van der Waals surface area contributed by atoms with Crippen molar-refractivity contribution < 1.29 is 13.2 Å². The Balaban J connectivity index is 1.79. The van der Waals surface area contributed by atoms with Crippen LogP contribution in [0.25, 0.3) is 0 Å². The second kappa shape index (κ2) is 6.87. The van der Waals surface area contributed by atoms with E-state index in [-0.39, 0.29) is 0 Å². The second-order valence-corrected chi connectivity index (χ2v) is 6.36. The van der Waals surface area contributed by atoms with Gasteiger partial charge in [-0.2, -0.15) is 13.2 Å². The molecule has 1 aromatic rings. The number of rotatable bonds is 5. The molecule has 0 aromatic carbocycles. The third kappa shape index (κ3) is 4.43. The molecule has 114 valence electrons. The maximum atomic E-state index is 12.5. The lowest BCUT2D eigenvalue weighted by Gasteiger charge is -2.31. The molecule has 1 saturated heterocycles. The van der Waals surface area contributed by atoms with Crippen LogP contribution in [0.5, 0.6) is 0 Å². The summed E-state index contributed by atoms with van der Waals surface area (Å²) in [7, 11) is 1.96. The molecule has 0 bridgehead atoms. The summed E-state index contributed by atoms with van der Waals surface area (Å²) in [6.45, 7) is 3.56. The van der Waals surface area contributed by atoms with Crippen molar-refractivity contribution in [3.63, 3.8) is 0 Å². The number of thiazole rings is 1. The summed E-state index contributed by atoms with van der Waals surface area (Å²) < 4.78 is 37.4. The molecule has 1 aliphatic heterocycles. The van der Waals surface area contributed by atoms with Crippen LogP contribution < -0.4 is 5.32 Å². The van der Waals surface area contributed by atoms with Crippen LogP contribution in [0.15, 0.2) is 6.20 Å². The number of piperidine rings is 1. The molecular formula is C13H20F3N3S. The zero-order chi connectivity index (χ0) is 14.6. The first kappa shape index (κ1) is 15.7. The van der Waals surface area contributed by atoms with Gasteiger partial charge in [0.15, 0.2) is 5.01 Å². The maximum absolute atomic E-state index is 12.5. The summed E-state index contributed by atoms with van der Waals surface area (Å²) in [6, 6.07) is 0. The van der Waals surface area contributed by atoms with Crippen LogP contribution in [0.3, 0.4) is 0 Å². The predicted octanol–water partition coefficient (Wildman–Crippen LogP) is 2.98. The average Bonchev–Trinajstić information content (AvgIpc) is 2.86. The molecule has 20 heavy (non-hydrogen) atoms. The van der Waals surface area contributed by atoms with Crippen molar-refractivity contribution in [2.75, 3.05) is 26.7 Å². The highest BCUT2D eigenvalue weighted by molar-refractivity contribution is 7.11. The first-order valence-corrected chi connectivity index (χ1v) is 7.69. The number of nitrogens with one attached hydrogen (secondary N) is 1. The smallest absolute Gasteiger partial charge is 0.320 e.